The van der Waals surface area contributed by atoms with Crippen LogP contribution in [0.25, 0.3) is 0 Å². The van der Waals surface area contributed by atoms with Gasteiger partial charge in [-0.1, -0.05) is 20.3 Å². The zero-order valence-electron chi connectivity index (χ0n) is 12.5. The number of ether oxygens (including phenoxy) is 1. The minimum Gasteiger partial charge on any atom is -0.444 e. The Bertz CT molecular complexity index is 273. The zero-order chi connectivity index (χ0) is 13.8. The third-order valence-electron chi connectivity index (χ3n) is 3.26. The largest absolute Gasteiger partial charge is 0.444 e. The van der Waals surface area contributed by atoms with Gasteiger partial charge in [-0.15, -0.1) is 0 Å². The van der Waals surface area contributed by atoms with E-state index >= 15 is 0 Å². The lowest BCUT2D eigenvalue weighted by molar-refractivity contribution is 0.0126. The van der Waals surface area contributed by atoms with Gasteiger partial charge in [0.15, 0.2) is 0 Å². The monoisotopic (exact) mass is 256 g/mol. The molecule has 0 bridgehead atoms. The molecule has 1 aliphatic rings. The van der Waals surface area contributed by atoms with Gasteiger partial charge in [0.1, 0.15) is 5.60 Å². The molecule has 2 atom stereocenters. The van der Waals surface area contributed by atoms with E-state index in [1.54, 1.807) is 0 Å². The summed E-state index contributed by atoms with van der Waals surface area (Å²) in [6.07, 6.45) is 2.09. The van der Waals surface area contributed by atoms with Crippen LogP contribution >= 0.6 is 0 Å². The molecule has 0 aliphatic carbocycles. The van der Waals surface area contributed by atoms with Crippen LogP contribution in [0.4, 0.5) is 4.79 Å². The number of nitrogens with one attached hydrogen (secondary N) is 1. The van der Waals surface area contributed by atoms with Crippen LogP contribution in [-0.2, 0) is 4.74 Å². The van der Waals surface area contributed by atoms with Crippen molar-refractivity contribution in [1.82, 2.24) is 10.2 Å². The Morgan fingerprint density at radius 3 is 2.50 bits per heavy atom. The summed E-state index contributed by atoms with van der Waals surface area (Å²) >= 11 is 0. The number of carbonyl (C=O) groups excluding carboxylic acids is 1. The van der Waals surface area contributed by atoms with Crippen LogP contribution in [-0.4, -0.2) is 42.3 Å². The van der Waals surface area contributed by atoms with Gasteiger partial charge in [0.05, 0.1) is 0 Å². The number of nitrogens with zero attached hydrogens (tertiary/aromatic N) is 1. The number of rotatable bonds is 3. The van der Waals surface area contributed by atoms with Gasteiger partial charge >= 0.3 is 6.09 Å². The van der Waals surface area contributed by atoms with Crippen molar-refractivity contribution in [3.63, 3.8) is 0 Å². The molecule has 2 unspecified atom stereocenters. The van der Waals surface area contributed by atoms with Crippen molar-refractivity contribution in [2.24, 2.45) is 5.92 Å². The summed E-state index contributed by atoms with van der Waals surface area (Å²) < 4.78 is 5.46. The van der Waals surface area contributed by atoms with Crippen LogP contribution in [0.1, 0.15) is 47.5 Å². The summed E-state index contributed by atoms with van der Waals surface area (Å²) in [7, 11) is 0. The summed E-state index contributed by atoms with van der Waals surface area (Å²) in [6, 6.07) is 0.404. The van der Waals surface area contributed by atoms with Crippen LogP contribution in [0.5, 0.6) is 0 Å². The van der Waals surface area contributed by atoms with Crippen LogP contribution in [0.3, 0.4) is 0 Å². The van der Waals surface area contributed by atoms with E-state index in [1.165, 1.54) is 0 Å². The van der Waals surface area contributed by atoms with Gasteiger partial charge in [0.25, 0.3) is 0 Å². The predicted molar refractivity (Wildman–Crippen MR) is 73.7 cm³/mol. The number of carbonyl (C=O) groups is 1. The highest BCUT2D eigenvalue weighted by atomic mass is 16.6. The predicted octanol–water partition coefficient (Wildman–Crippen LogP) is 2.63. The van der Waals surface area contributed by atoms with Gasteiger partial charge in [0, 0.05) is 19.1 Å². The molecule has 1 amide bonds. The Balaban J connectivity index is 2.60. The quantitative estimate of drug-likeness (QED) is 0.844. The molecule has 1 saturated heterocycles. The Labute approximate surface area is 111 Å². The molecule has 1 N–H and O–H groups in total. The van der Waals surface area contributed by atoms with E-state index in [0.717, 1.165) is 32.5 Å². The molecule has 0 aromatic rings. The van der Waals surface area contributed by atoms with E-state index in [0.29, 0.717) is 12.0 Å². The first-order valence-electron chi connectivity index (χ1n) is 7.07. The van der Waals surface area contributed by atoms with Crippen molar-refractivity contribution in [2.45, 2.75) is 59.1 Å². The Morgan fingerprint density at radius 2 is 2.00 bits per heavy atom. The average molecular weight is 256 g/mol. The lowest BCUT2D eigenvalue weighted by atomic mass is 9.92. The second-order valence-electron chi connectivity index (χ2n) is 6.15. The van der Waals surface area contributed by atoms with Crippen molar-refractivity contribution in [1.29, 1.82) is 0 Å². The molecule has 1 fully saturated rings. The number of amides is 1. The van der Waals surface area contributed by atoms with Crippen LogP contribution < -0.4 is 5.32 Å². The van der Waals surface area contributed by atoms with Crippen molar-refractivity contribution < 1.29 is 9.53 Å². The maximum atomic E-state index is 12.1. The molecule has 1 aliphatic heterocycles. The molecule has 4 nitrogen and oxygen atoms in total. The fourth-order valence-corrected chi connectivity index (χ4v) is 2.41. The second-order valence-corrected chi connectivity index (χ2v) is 6.15. The van der Waals surface area contributed by atoms with E-state index < -0.39 is 5.60 Å². The summed E-state index contributed by atoms with van der Waals surface area (Å²) in [5.74, 6) is 0.579. The highest BCUT2D eigenvalue weighted by Gasteiger charge is 2.31. The lowest BCUT2D eigenvalue weighted by Crippen LogP contribution is -2.52. The zero-order valence-corrected chi connectivity index (χ0v) is 12.5. The van der Waals surface area contributed by atoms with E-state index in [9.17, 15) is 4.79 Å². The smallest absolute Gasteiger partial charge is 0.410 e. The standard InChI is InChI=1S/C14H28N2O2/c1-6-11-8-12(15-7-2)10-16(9-11)13(17)18-14(3,4)5/h11-12,15H,6-10H2,1-5H3. The van der Waals surface area contributed by atoms with Crippen molar-refractivity contribution in [3.05, 3.63) is 0 Å². The van der Waals surface area contributed by atoms with Gasteiger partial charge in [-0.2, -0.15) is 0 Å². The summed E-state index contributed by atoms with van der Waals surface area (Å²) in [6.45, 7) is 12.6. The molecule has 0 radical (unpaired) electrons. The van der Waals surface area contributed by atoms with Gasteiger partial charge in [-0.25, -0.2) is 4.79 Å². The molecule has 0 aromatic carbocycles. The SMILES string of the molecule is CCNC1CC(CC)CN(C(=O)OC(C)(C)C)C1. The van der Waals surface area contributed by atoms with E-state index in [1.807, 2.05) is 25.7 Å². The number of hydrogen-bond acceptors (Lipinski definition) is 3. The summed E-state index contributed by atoms with van der Waals surface area (Å²) in [5, 5.41) is 3.45. The first-order chi connectivity index (χ1) is 8.35. The molecule has 106 valence electrons. The van der Waals surface area contributed by atoms with Gasteiger partial charge < -0.3 is 15.0 Å². The molecular formula is C14H28N2O2. The Hall–Kier alpha value is -0.770. The summed E-state index contributed by atoms with van der Waals surface area (Å²) in [4.78, 5) is 14.0. The van der Waals surface area contributed by atoms with Crippen LogP contribution in [0.15, 0.2) is 0 Å². The highest BCUT2D eigenvalue weighted by Crippen LogP contribution is 2.21. The lowest BCUT2D eigenvalue weighted by Gasteiger charge is -2.38. The van der Waals surface area contributed by atoms with Gasteiger partial charge in [-0.05, 0) is 39.7 Å². The normalized spacial score (nSPS) is 25.1. The van der Waals surface area contributed by atoms with Crippen LogP contribution in [0.2, 0.25) is 0 Å². The second kappa shape index (κ2) is 6.41. The van der Waals surface area contributed by atoms with Crippen molar-refractivity contribution >= 4 is 6.09 Å². The average Bonchev–Trinajstić information content (AvgIpc) is 2.26. The van der Waals surface area contributed by atoms with E-state index in [-0.39, 0.29) is 6.09 Å². The number of hydrogen-bond donors (Lipinski definition) is 1. The molecule has 0 spiro atoms. The molecule has 0 aromatic heterocycles. The maximum absolute atomic E-state index is 12.1. The fraction of sp³-hybridized carbons (Fsp3) is 0.929. The molecule has 0 saturated carbocycles. The van der Waals surface area contributed by atoms with Gasteiger partial charge in [-0.3, -0.25) is 0 Å². The highest BCUT2D eigenvalue weighted by molar-refractivity contribution is 5.68. The topological polar surface area (TPSA) is 41.6 Å². The van der Waals surface area contributed by atoms with Crippen LogP contribution in [0, 0.1) is 5.92 Å². The maximum Gasteiger partial charge on any atom is 0.410 e. The van der Waals surface area contributed by atoms with Gasteiger partial charge in [0.2, 0.25) is 0 Å². The third-order valence-corrected chi connectivity index (χ3v) is 3.26. The van der Waals surface area contributed by atoms with E-state index in [2.05, 4.69) is 19.2 Å². The molecule has 1 rings (SSSR count). The minimum absolute atomic E-state index is 0.177. The fourth-order valence-electron chi connectivity index (χ4n) is 2.41. The first-order valence-corrected chi connectivity index (χ1v) is 7.07. The molecule has 1 heterocycles. The third kappa shape index (κ3) is 4.84. The Morgan fingerprint density at radius 1 is 1.33 bits per heavy atom. The minimum atomic E-state index is -0.413. The Kier molecular flexibility index (Phi) is 5.45. The van der Waals surface area contributed by atoms with Crippen molar-refractivity contribution in [2.75, 3.05) is 19.6 Å². The van der Waals surface area contributed by atoms with Crippen molar-refractivity contribution in [3.8, 4) is 0 Å². The first kappa shape index (κ1) is 15.3. The molecular weight excluding hydrogens is 228 g/mol. The molecule has 18 heavy (non-hydrogen) atoms. The summed E-state index contributed by atoms with van der Waals surface area (Å²) in [5.41, 5.74) is -0.413. The molecule has 4 heteroatoms. The number of likely N-dealkylation sites (tertiary alicyclic amines) is 1. The number of piperidine rings is 1. The number of likely N-dealkylation sites (N-methyl/N-ethyl adjacent to an activating group) is 1. The van der Waals surface area contributed by atoms with E-state index in [4.69, 9.17) is 4.74 Å².